The smallest absolute Gasteiger partial charge is 0.251 e. The van der Waals surface area contributed by atoms with Crippen LogP contribution in [0.2, 0.25) is 0 Å². The quantitative estimate of drug-likeness (QED) is 0.393. The van der Waals surface area contributed by atoms with E-state index in [1.165, 1.54) is 17.3 Å². The minimum absolute atomic E-state index is 0.192. The maximum absolute atomic E-state index is 12.1. The van der Waals surface area contributed by atoms with E-state index in [0.717, 1.165) is 16.0 Å². The maximum atomic E-state index is 12.1. The van der Waals surface area contributed by atoms with E-state index >= 15 is 0 Å². The molecule has 0 aliphatic carbocycles. The number of carbonyl (C=O) groups is 1. The molecule has 4 heteroatoms. The fraction of sp³-hybridized carbons (Fsp3) is 0.188. The fourth-order valence-corrected chi connectivity index (χ4v) is 3.17. The Kier molecular flexibility index (Phi) is 4.82. The lowest BCUT2D eigenvalue weighted by molar-refractivity contribution is -0.120. The van der Waals surface area contributed by atoms with Gasteiger partial charge in [-0.25, -0.2) is 5.84 Å². The van der Waals surface area contributed by atoms with Crippen LogP contribution in [0.3, 0.4) is 0 Å². The van der Waals surface area contributed by atoms with Gasteiger partial charge in [0.1, 0.15) is 5.25 Å². The molecule has 0 fully saturated rings. The van der Waals surface area contributed by atoms with E-state index in [-0.39, 0.29) is 11.2 Å². The first-order valence-corrected chi connectivity index (χ1v) is 7.29. The van der Waals surface area contributed by atoms with E-state index in [9.17, 15) is 4.79 Å². The average Bonchev–Trinajstić information content (AvgIpc) is 2.48. The van der Waals surface area contributed by atoms with Crippen molar-refractivity contribution in [2.75, 3.05) is 0 Å². The average molecular weight is 286 g/mol. The molecule has 104 valence electrons. The van der Waals surface area contributed by atoms with Gasteiger partial charge in [-0.1, -0.05) is 48.0 Å². The van der Waals surface area contributed by atoms with Crippen molar-refractivity contribution in [2.24, 2.45) is 5.84 Å². The molecular weight excluding hydrogens is 268 g/mol. The number of hydrogen-bond donors (Lipinski definition) is 2. The summed E-state index contributed by atoms with van der Waals surface area (Å²) in [6, 6.07) is 15.9. The Labute approximate surface area is 123 Å². The Hall–Kier alpha value is -1.78. The van der Waals surface area contributed by atoms with Gasteiger partial charge in [0.2, 0.25) is 0 Å². The van der Waals surface area contributed by atoms with Crippen molar-refractivity contribution in [2.45, 2.75) is 24.0 Å². The molecule has 3 N–H and O–H groups in total. The highest BCUT2D eigenvalue weighted by Crippen LogP contribution is 2.37. The number of nitrogens with one attached hydrogen (secondary N) is 1. The van der Waals surface area contributed by atoms with Crippen molar-refractivity contribution >= 4 is 17.7 Å². The summed E-state index contributed by atoms with van der Waals surface area (Å²) >= 11 is 1.52. The molecule has 0 bridgehead atoms. The third-order valence-electron chi connectivity index (χ3n) is 3.07. The van der Waals surface area contributed by atoms with Gasteiger partial charge in [0.05, 0.1) is 0 Å². The van der Waals surface area contributed by atoms with Crippen LogP contribution in [-0.4, -0.2) is 5.91 Å². The van der Waals surface area contributed by atoms with E-state index < -0.39 is 0 Å². The number of nitrogens with two attached hydrogens (primary N) is 1. The van der Waals surface area contributed by atoms with Crippen molar-refractivity contribution in [3.05, 3.63) is 65.2 Å². The minimum atomic E-state index is -0.346. The van der Waals surface area contributed by atoms with Gasteiger partial charge in [0.25, 0.3) is 5.91 Å². The topological polar surface area (TPSA) is 55.1 Å². The van der Waals surface area contributed by atoms with E-state index in [4.69, 9.17) is 5.84 Å². The van der Waals surface area contributed by atoms with Crippen molar-refractivity contribution in [3.8, 4) is 0 Å². The van der Waals surface area contributed by atoms with E-state index in [0.29, 0.717) is 0 Å². The van der Waals surface area contributed by atoms with Crippen molar-refractivity contribution in [3.63, 3.8) is 0 Å². The SMILES string of the molecule is Cc1ccc(C)c(SC(C(=O)NN)c2ccccc2)c1. The number of benzene rings is 2. The van der Waals surface area contributed by atoms with Crippen LogP contribution in [0.15, 0.2) is 53.4 Å². The first-order valence-electron chi connectivity index (χ1n) is 6.41. The number of rotatable bonds is 4. The van der Waals surface area contributed by atoms with Crippen LogP contribution in [-0.2, 0) is 4.79 Å². The molecule has 20 heavy (non-hydrogen) atoms. The fourth-order valence-electron chi connectivity index (χ4n) is 1.94. The number of carbonyl (C=O) groups excluding carboxylic acids is 1. The molecule has 2 aromatic rings. The van der Waals surface area contributed by atoms with Crippen molar-refractivity contribution < 1.29 is 4.79 Å². The van der Waals surface area contributed by atoms with Crippen LogP contribution in [0.1, 0.15) is 21.9 Å². The highest BCUT2D eigenvalue weighted by Gasteiger charge is 2.21. The standard InChI is InChI=1S/C16H18N2OS/c1-11-8-9-12(2)14(10-11)20-15(16(19)18-17)13-6-4-3-5-7-13/h3-10,15H,17H2,1-2H3,(H,18,19). The zero-order valence-electron chi connectivity index (χ0n) is 11.6. The summed E-state index contributed by atoms with van der Waals surface area (Å²) in [7, 11) is 0. The van der Waals surface area contributed by atoms with Gasteiger partial charge in [-0.2, -0.15) is 0 Å². The Morgan fingerprint density at radius 1 is 1.15 bits per heavy atom. The molecule has 1 unspecified atom stereocenters. The lowest BCUT2D eigenvalue weighted by Crippen LogP contribution is -2.33. The number of thioether (sulfide) groups is 1. The molecular formula is C16H18N2OS. The van der Waals surface area contributed by atoms with Crippen LogP contribution in [0.4, 0.5) is 0 Å². The largest absolute Gasteiger partial charge is 0.293 e. The highest BCUT2D eigenvalue weighted by atomic mass is 32.2. The molecule has 2 rings (SSSR count). The van der Waals surface area contributed by atoms with Gasteiger partial charge in [-0.3, -0.25) is 10.2 Å². The van der Waals surface area contributed by atoms with Gasteiger partial charge in [-0.15, -0.1) is 11.8 Å². The third kappa shape index (κ3) is 3.40. The van der Waals surface area contributed by atoms with Gasteiger partial charge in [0.15, 0.2) is 0 Å². The van der Waals surface area contributed by atoms with E-state index in [2.05, 4.69) is 23.6 Å². The summed E-state index contributed by atoms with van der Waals surface area (Å²) in [5, 5.41) is -0.346. The Morgan fingerprint density at radius 3 is 2.50 bits per heavy atom. The lowest BCUT2D eigenvalue weighted by Gasteiger charge is -2.17. The number of hydrazine groups is 1. The van der Waals surface area contributed by atoms with Gasteiger partial charge < -0.3 is 0 Å². The molecule has 0 radical (unpaired) electrons. The van der Waals surface area contributed by atoms with Crippen LogP contribution in [0, 0.1) is 13.8 Å². The predicted molar refractivity (Wildman–Crippen MR) is 83.3 cm³/mol. The molecule has 0 aliphatic heterocycles. The van der Waals surface area contributed by atoms with E-state index in [1.54, 1.807) is 0 Å². The monoisotopic (exact) mass is 286 g/mol. The normalized spacial score (nSPS) is 11.9. The summed E-state index contributed by atoms with van der Waals surface area (Å²) in [6.07, 6.45) is 0. The number of aryl methyl sites for hydroxylation is 2. The minimum Gasteiger partial charge on any atom is -0.293 e. The summed E-state index contributed by atoms with van der Waals surface area (Å²) in [5.74, 6) is 5.13. The summed E-state index contributed by atoms with van der Waals surface area (Å²) in [6.45, 7) is 4.09. The maximum Gasteiger partial charge on any atom is 0.251 e. The predicted octanol–water partition coefficient (Wildman–Crippen LogP) is 3.13. The Bertz CT molecular complexity index is 599. The van der Waals surface area contributed by atoms with E-state index in [1.807, 2.05) is 44.2 Å². The second-order valence-electron chi connectivity index (χ2n) is 4.69. The van der Waals surface area contributed by atoms with Crippen molar-refractivity contribution in [1.82, 2.24) is 5.43 Å². The molecule has 0 aliphatic rings. The molecule has 2 aromatic carbocycles. The Balaban J connectivity index is 2.34. The third-order valence-corrected chi connectivity index (χ3v) is 4.49. The second-order valence-corrected chi connectivity index (χ2v) is 5.83. The zero-order chi connectivity index (χ0) is 14.5. The summed E-state index contributed by atoms with van der Waals surface area (Å²) in [4.78, 5) is 13.2. The summed E-state index contributed by atoms with van der Waals surface area (Å²) in [5.41, 5.74) is 5.54. The van der Waals surface area contributed by atoms with Crippen molar-refractivity contribution in [1.29, 1.82) is 0 Å². The second kappa shape index (κ2) is 6.59. The van der Waals surface area contributed by atoms with Crippen LogP contribution in [0.5, 0.6) is 0 Å². The number of amides is 1. The molecule has 0 saturated heterocycles. The zero-order valence-corrected chi connectivity index (χ0v) is 12.4. The van der Waals surface area contributed by atoms with Crippen LogP contribution < -0.4 is 11.3 Å². The highest BCUT2D eigenvalue weighted by molar-refractivity contribution is 8.00. The Morgan fingerprint density at radius 2 is 1.85 bits per heavy atom. The molecule has 0 aromatic heterocycles. The molecule has 3 nitrogen and oxygen atoms in total. The lowest BCUT2D eigenvalue weighted by atomic mass is 10.1. The molecule has 1 amide bonds. The molecule has 0 saturated carbocycles. The molecule has 0 spiro atoms. The summed E-state index contributed by atoms with van der Waals surface area (Å²) < 4.78 is 0. The van der Waals surface area contributed by atoms with Crippen LogP contribution in [0.25, 0.3) is 0 Å². The first-order chi connectivity index (χ1) is 9.61. The first kappa shape index (κ1) is 14.6. The van der Waals surface area contributed by atoms with Gasteiger partial charge in [-0.05, 0) is 31.0 Å². The van der Waals surface area contributed by atoms with Crippen LogP contribution >= 0.6 is 11.8 Å². The number of hydrogen-bond acceptors (Lipinski definition) is 3. The molecule has 0 heterocycles. The molecule has 1 atom stereocenters. The van der Waals surface area contributed by atoms with Gasteiger partial charge >= 0.3 is 0 Å². The van der Waals surface area contributed by atoms with Gasteiger partial charge in [0, 0.05) is 4.90 Å².